The van der Waals surface area contributed by atoms with E-state index in [1.54, 1.807) is 21.3 Å². The van der Waals surface area contributed by atoms with Crippen LogP contribution in [0, 0.1) is 0 Å². The Balaban J connectivity index is 1.91. The molecule has 0 saturated heterocycles. The van der Waals surface area contributed by atoms with Gasteiger partial charge in [-0.1, -0.05) is 12.1 Å². The Hall–Kier alpha value is -2.89. The second-order valence-electron chi connectivity index (χ2n) is 5.52. The number of benzene rings is 2. The molecule has 26 heavy (non-hydrogen) atoms. The molecule has 0 aliphatic heterocycles. The van der Waals surface area contributed by atoms with Crippen LogP contribution in [-0.2, 0) is 6.42 Å². The number of guanidine groups is 1. The number of methoxy groups -OCH3 is 2. The lowest BCUT2D eigenvalue weighted by atomic mass is 10.1. The third-order valence-electron chi connectivity index (χ3n) is 3.79. The van der Waals surface area contributed by atoms with Crippen molar-refractivity contribution in [2.45, 2.75) is 13.3 Å². The summed E-state index contributed by atoms with van der Waals surface area (Å²) in [6, 6.07) is 13.8. The molecule has 0 aliphatic carbocycles. The molecule has 2 aromatic carbocycles. The van der Waals surface area contributed by atoms with Crippen molar-refractivity contribution in [2.75, 3.05) is 39.7 Å². The van der Waals surface area contributed by atoms with Crippen LogP contribution in [0.15, 0.2) is 47.5 Å². The van der Waals surface area contributed by atoms with Crippen LogP contribution in [0.3, 0.4) is 0 Å². The normalized spacial score (nSPS) is 11.0. The zero-order valence-corrected chi connectivity index (χ0v) is 15.8. The largest absolute Gasteiger partial charge is 0.494 e. The zero-order valence-electron chi connectivity index (χ0n) is 15.8. The number of rotatable bonds is 8. The summed E-state index contributed by atoms with van der Waals surface area (Å²) < 4.78 is 16.1. The van der Waals surface area contributed by atoms with E-state index < -0.39 is 0 Å². The molecule has 0 heterocycles. The molecule has 2 rings (SSSR count). The minimum absolute atomic E-state index is 0.667. The molecule has 0 amide bonds. The molecule has 6 heteroatoms. The second kappa shape index (κ2) is 10.2. The third-order valence-corrected chi connectivity index (χ3v) is 3.79. The van der Waals surface area contributed by atoms with Crippen LogP contribution < -0.4 is 24.8 Å². The highest BCUT2D eigenvalue weighted by molar-refractivity contribution is 5.93. The van der Waals surface area contributed by atoms with E-state index in [1.807, 2.05) is 37.3 Å². The van der Waals surface area contributed by atoms with E-state index in [4.69, 9.17) is 14.2 Å². The van der Waals surface area contributed by atoms with Crippen molar-refractivity contribution < 1.29 is 14.2 Å². The van der Waals surface area contributed by atoms with E-state index in [9.17, 15) is 0 Å². The molecule has 140 valence electrons. The highest BCUT2D eigenvalue weighted by Crippen LogP contribution is 2.29. The van der Waals surface area contributed by atoms with Crippen molar-refractivity contribution in [2.24, 2.45) is 4.99 Å². The van der Waals surface area contributed by atoms with Gasteiger partial charge in [0.05, 0.1) is 20.8 Å². The van der Waals surface area contributed by atoms with Gasteiger partial charge in [-0.05, 0) is 43.2 Å². The molecular weight excluding hydrogens is 330 g/mol. The number of anilines is 1. The van der Waals surface area contributed by atoms with E-state index in [-0.39, 0.29) is 0 Å². The Morgan fingerprint density at radius 3 is 2.54 bits per heavy atom. The first-order chi connectivity index (χ1) is 12.7. The molecule has 0 bridgehead atoms. The molecule has 0 aliphatic rings. The third kappa shape index (κ3) is 5.58. The average Bonchev–Trinajstić information content (AvgIpc) is 2.67. The van der Waals surface area contributed by atoms with Crippen LogP contribution in [0.25, 0.3) is 0 Å². The van der Waals surface area contributed by atoms with Gasteiger partial charge in [-0.2, -0.15) is 0 Å². The average molecular weight is 357 g/mol. The summed E-state index contributed by atoms with van der Waals surface area (Å²) in [4.78, 5) is 4.26. The highest BCUT2D eigenvalue weighted by Gasteiger charge is 2.06. The summed E-state index contributed by atoms with van der Waals surface area (Å²) in [7, 11) is 4.98. The summed E-state index contributed by atoms with van der Waals surface area (Å²) in [6.45, 7) is 3.41. The molecule has 0 spiro atoms. The number of hydrogen-bond donors (Lipinski definition) is 2. The molecule has 0 fully saturated rings. The van der Waals surface area contributed by atoms with Gasteiger partial charge in [-0.3, -0.25) is 4.99 Å². The van der Waals surface area contributed by atoms with Gasteiger partial charge < -0.3 is 24.8 Å². The van der Waals surface area contributed by atoms with Gasteiger partial charge in [-0.25, -0.2) is 0 Å². The molecule has 0 aromatic heterocycles. The summed E-state index contributed by atoms with van der Waals surface area (Å²) in [5, 5.41) is 6.56. The lowest BCUT2D eigenvalue weighted by molar-refractivity contribution is 0.340. The monoisotopic (exact) mass is 357 g/mol. The van der Waals surface area contributed by atoms with Crippen molar-refractivity contribution in [3.05, 3.63) is 48.0 Å². The van der Waals surface area contributed by atoms with Gasteiger partial charge in [0.1, 0.15) is 5.75 Å². The van der Waals surface area contributed by atoms with Crippen molar-refractivity contribution in [3.63, 3.8) is 0 Å². The first-order valence-corrected chi connectivity index (χ1v) is 8.61. The van der Waals surface area contributed by atoms with E-state index in [2.05, 4.69) is 27.8 Å². The van der Waals surface area contributed by atoms with E-state index in [0.29, 0.717) is 24.1 Å². The second-order valence-corrected chi connectivity index (χ2v) is 5.52. The Morgan fingerprint density at radius 1 is 1.04 bits per heavy atom. The van der Waals surface area contributed by atoms with Crippen LogP contribution in [0.4, 0.5) is 5.69 Å². The predicted octanol–water partition coefficient (Wildman–Crippen LogP) is 3.33. The first-order valence-electron chi connectivity index (χ1n) is 8.61. The Labute approximate surface area is 155 Å². The van der Waals surface area contributed by atoms with Gasteiger partial charge in [0, 0.05) is 25.3 Å². The van der Waals surface area contributed by atoms with E-state index in [0.717, 1.165) is 24.4 Å². The van der Waals surface area contributed by atoms with Gasteiger partial charge >= 0.3 is 0 Å². The smallest absolute Gasteiger partial charge is 0.195 e. The molecule has 2 aromatic rings. The van der Waals surface area contributed by atoms with E-state index in [1.165, 1.54) is 5.56 Å². The summed E-state index contributed by atoms with van der Waals surface area (Å²) >= 11 is 0. The van der Waals surface area contributed by atoms with Crippen molar-refractivity contribution in [3.8, 4) is 17.2 Å². The Morgan fingerprint density at radius 2 is 1.85 bits per heavy atom. The highest BCUT2D eigenvalue weighted by atomic mass is 16.5. The van der Waals surface area contributed by atoms with Crippen molar-refractivity contribution in [1.82, 2.24) is 5.32 Å². The maximum absolute atomic E-state index is 5.54. The number of ether oxygens (including phenoxy) is 3. The van der Waals surface area contributed by atoms with E-state index >= 15 is 0 Å². The lowest BCUT2D eigenvalue weighted by Crippen LogP contribution is -2.32. The van der Waals surface area contributed by atoms with Gasteiger partial charge in [0.2, 0.25) is 0 Å². The molecule has 2 N–H and O–H groups in total. The van der Waals surface area contributed by atoms with Crippen LogP contribution in [-0.4, -0.2) is 40.4 Å². The Kier molecular flexibility index (Phi) is 7.61. The van der Waals surface area contributed by atoms with Gasteiger partial charge in [0.15, 0.2) is 17.5 Å². The SMILES string of the molecule is CCOc1cccc(CCNC(=NC)Nc2ccc(OC)c(OC)c2)c1. The van der Waals surface area contributed by atoms with Crippen LogP contribution in [0.1, 0.15) is 12.5 Å². The minimum Gasteiger partial charge on any atom is -0.494 e. The fraction of sp³-hybridized carbons (Fsp3) is 0.350. The number of hydrogen-bond acceptors (Lipinski definition) is 4. The van der Waals surface area contributed by atoms with Gasteiger partial charge in [0.25, 0.3) is 0 Å². The number of nitrogens with zero attached hydrogens (tertiary/aromatic N) is 1. The van der Waals surface area contributed by atoms with Crippen LogP contribution in [0.2, 0.25) is 0 Å². The first kappa shape index (κ1) is 19.4. The molecule has 0 saturated carbocycles. The fourth-order valence-corrected chi connectivity index (χ4v) is 2.51. The summed E-state index contributed by atoms with van der Waals surface area (Å²) in [6.07, 6.45) is 0.869. The fourth-order valence-electron chi connectivity index (χ4n) is 2.51. The minimum atomic E-state index is 0.667. The van der Waals surface area contributed by atoms with Crippen LogP contribution >= 0.6 is 0 Å². The molecule has 6 nitrogen and oxygen atoms in total. The molecule has 0 unspecified atom stereocenters. The van der Waals surface area contributed by atoms with Crippen molar-refractivity contribution in [1.29, 1.82) is 0 Å². The summed E-state index contributed by atoms with van der Waals surface area (Å²) in [5.41, 5.74) is 2.08. The molecule has 0 atom stereocenters. The quantitative estimate of drug-likeness (QED) is 0.560. The maximum Gasteiger partial charge on any atom is 0.195 e. The predicted molar refractivity (Wildman–Crippen MR) is 106 cm³/mol. The standard InChI is InChI=1S/C20H27N3O3/c1-5-26-17-8-6-7-15(13-17)11-12-22-20(21-2)23-16-9-10-18(24-3)19(14-16)25-4/h6-10,13-14H,5,11-12H2,1-4H3,(H2,21,22,23). The van der Waals surface area contributed by atoms with Gasteiger partial charge in [-0.15, -0.1) is 0 Å². The number of aliphatic imine (C=N–C) groups is 1. The topological polar surface area (TPSA) is 64.1 Å². The summed E-state index contributed by atoms with van der Waals surface area (Å²) in [5.74, 6) is 2.95. The van der Waals surface area contributed by atoms with Crippen molar-refractivity contribution >= 4 is 11.6 Å². The van der Waals surface area contributed by atoms with Crippen LogP contribution in [0.5, 0.6) is 17.2 Å². The molecule has 0 radical (unpaired) electrons. The Bertz CT molecular complexity index is 732. The lowest BCUT2D eigenvalue weighted by Gasteiger charge is -2.14. The zero-order chi connectivity index (χ0) is 18.8. The maximum atomic E-state index is 5.54. The molecular formula is C20H27N3O3. The number of nitrogens with one attached hydrogen (secondary N) is 2.